The van der Waals surface area contributed by atoms with Gasteiger partial charge in [0.25, 0.3) is 0 Å². The molecular weight excluding hydrogens is 196 g/mol. The van der Waals surface area contributed by atoms with E-state index in [1.165, 1.54) is 11.3 Å². The molecule has 1 aromatic heterocycles. The van der Waals surface area contributed by atoms with Crippen molar-refractivity contribution in [2.24, 2.45) is 0 Å². The Morgan fingerprint density at radius 3 is 3.00 bits per heavy atom. The molecule has 0 amide bonds. The Hall–Kier alpha value is -1.57. The van der Waals surface area contributed by atoms with Gasteiger partial charge in [-0.15, -0.1) is 0 Å². The van der Waals surface area contributed by atoms with Gasteiger partial charge >= 0.3 is 0 Å². The highest BCUT2D eigenvalue weighted by Crippen LogP contribution is 2.08. The fourth-order valence-electron chi connectivity index (χ4n) is 1.68. The average Bonchev–Trinajstić information content (AvgIpc) is 2.67. The van der Waals surface area contributed by atoms with E-state index >= 15 is 0 Å². The molecule has 1 heterocycles. The van der Waals surface area contributed by atoms with Crippen LogP contribution >= 0.6 is 0 Å². The van der Waals surface area contributed by atoms with E-state index in [0.717, 1.165) is 19.4 Å². The fourth-order valence-corrected chi connectivity index (χ4v) is 1.68. The fraction of sp³-hybridized carbons (Fsp3) is 0.357. The van der Waals surface area contributed by atoms with Crippen LogP contribution < -0.4 is 0 Å². The lowest BCUT2D eigenvalue weighted by Gasteiger charge is -2.07. The zero-order valence-electron chi connectivity index (χ0n) is 10.2. The Morgan fingerprint density at radius 1 is 1.56 bits per heavy atom. The molecule has 0 aromatic carbocycles. The summed E-state index contributed by atoms with van der Waals surface area (Å²) in [6.45, 7) is 8.81. The number of hydrogen-bond acceptors (Lipinski definition) is 1. The second-order valence-electron chi connectivity index (χ2n) is 3.74. The molecule has 0 saturated heterocycles. The zero-order chi connectivity index (χ0) is 11.8. The largest absolute Gasteiger partial charge is 0.330 e. The third kappa shape index (κ3) is 3.54. The van der Waals surface area contributed by atoms with E-state index in [1.54, 1.807) is 0 Å². The van der Waals surface area contributed by atoms with Crippen molar-refractivity contribution in [1.82, 2.24) is 9.55 Å². The van der Waals surface area contributed by atoms with E-state index in [0.29, 0.717) is 0 Å². The van der Waals surface area contributed by atoms with Crippen LogP contribution in [0, 0.1) is 0 Å². The molecule has 0 spiro atoms. The lowest BCUT2D eigenvalue weighted by atomic mass is 10.2. The molecule has 0 atom stereocenters. The Morgan fingerprint density at radius 2 is 2.38 bits per heavy atom. The van der Waals surface area contributed by atoms with E-state index in [9.17, 15) is 0 Å². The van der Waals surface area contributed by atoms with Crippen LogP contribution in [0.5, 0.6) is 0 Å². The van der Waals surface area contributed by atoms with Gasteiger partial charge in [0, 0.05) is 18.4 Å². The van der Waals surface area contributed by atoms with Crippen molar-refractivity contribution in [3.8, 4) is 0 Å². The number of rotatable bonds is 6. The summed E-state index contributed by atoms with van der Waals surface area (Å²) in [6.07, 6.45) is 14.1. The number of nitrogens with zero attached hydrogens (tertiary/aromatic N) is 2. The van der Waals surface area contributed by atoms with E-state index in [2.05, 4.69) is 29.1 Å². The highest BCUT2D eigenvalue weighted by molar-refractivity contribution is 5.23. The van der Waals surface area contributed by atoms with Crippen LogP contribution in [-0.2, 0) is 13.0 Å². The predicted molar refractivity (Wildman–Crippen MR) is 69.3 cm³/mol. The molecule has 2 nitrogen and oxygen atoms in total. The van der Waals surface area contributed by atoms with Crippen LogP contribution in [0.2, 0.25) is 0 Å². The van der Waals surface area contributed by atoms with Gasteiger partial charge in [-0.2, -0.15) is 0 Å². The first-order valence-electron chi connectivity index (χ1n) is 5.75. The minimum atomic E-state index is 0.867. The van der Waals surface area contributed by atoms with Gasteiger partial charge in [0.15, 0.2) is 0 Å². The molecule has 0 aliphatic heterocycles. The monoisotopic (exact) mass is 216 g/mol. The van der Waals surface area contributed by atoms with Crippen LogP contribution in [0.15, 0.2) is 49.0 Å². The van der Waals surface area contributed by atoms with Gasteiger partial charge in [-0.25, -0.2) is 4.98 Å². The normalized spacial score (nSPS) is 12.2. The van der Waals surface area contributed by atoms with E-state index in [4.69, 9.17) is 0 Å². The topological polar surface area (TPSA) is 17.8 Å². The van der Waals surface area contributed by atoms with E-state index in [1.807, 2.05) is 37.7 Å². The van der Waals surface area contributed by atoms with Crippen molar-refractivity contribution in [3.05, 3.63) is 54.7 Å². The van der Waals surface area contributed by atoms with Gasteiger partial charge in [0.05, 0.1) is 6.33 Å². The third-order valence-corrected chi connectivity index (χ3v) is 2.37. The summed E-state index contributed by atoms with van der Waals surface area (Å²) in [5.74, 6) is 0. The summed E-state index contributed by atoms with van der Waals surface area (Å²) in [6, 6.07) is 0. The lowest BCUT2D eigenvalue weighted by molar-refractivity contribution is 0.722. The summed E-state index contributed by atoms with van der Waals surface area (Å²) in [5.41, 5.74) is 2.54. The van der Waals surface area contributed by atoms with Gasteiger partial charge in [0.2, 0.25) is 0 Å². The first kappa shape index (κ1) is 12.5. The van der Waals surface area contributed by atoms with Gasteiger partial charge in [-0.3, -0.25) is 0 Å². The van der Waals surface area contributed by atoms with Crippen molar-refractivity contribution < 1.29 is 0 Å². The molecule has 0 radical (unpaired) electrons. The maximum Gasteiger partial charge on any atom is 0.0951 e. The second-order valence-corrected chi connectivity index (χ2v) is 3.74. The van der Waals surface area contributed by atoms with Gasteiger partial charge in [-0.1, -0.05) is 44.2 Å². The molecule has 2 heteroatoms. The van der Waals surface area contributed by atoms with E-state index in [-0.39, 0.29) is 0 Å². The SMILES string of the molecule is C=C/C=C(\C=C/C)Cn1cncc1CCC. The van der Waals surface area contributed by atoms with Crippen LogP contribution in [0.4, 0.5) is 0 Å². The molecular formula is C14H20N2. The van der Waals surface area contributed by atoms with Crippen molar-refractivity contribution in [2.75, 3.05) is 0 Å². The molecule has 1 rings (SSSR count). The summed E-state index contributed by atoms with van der Waals surface area (Å²) in [4.78, 5) is 4.20. The predicted octanol–water partition coefficient (Wildman–Crippen LogP) is 3.52. The first-order valence-corrected chi connectivity index (χ1v) is 5.75. The van der Waals surface area contributed by atoms with Crippen LogP contribution in [-0.4, -0.2) is 9.55 Å². The van der Waals surface area contributed by atoms with Gasteiger partial charge in [-0.05, 0) is 18.9 Å². The number of allylic oxidation sites excluding steroid dienone is 5. The molecule has 0 bridgehead atoms. The van der Waals surface area contributed by atoms with Crippen molar-refractivity contribution in [1.29, 1.82) is 0 Å². The summed E-state index contributed by atoms with van der Waals surface area (Å²) in [5, 5.41) is 0. The van der Waals surface area contributed by atoms with Gasteiger partial charge in [0.1, 0.15) is 0 Å². The zero-order valence-corrected chi connectivity index (χ0v) is 10.2. The summed E-state index contributed by atoms with van der Waals surface area (Å²) >= 11 is 0. The maximum absolute atomic E-state index is 4.20. The lowest BCUT2D eigenvalue weighted by Crippen LogP contribution is -2.03. The molecule has 16 heavy (non-hydrogen) atoms. The van der Waals surface area contributed by atoms with Gasteiger partial charge < -0.3 is 4.57 Å². The number of aromatic nitrogens is 2. The minimum Gasteiger partial charge on any atom is -0.330 e. The highest BCUT2D eigenvalue weighted by atomic mass is 15.0. The average molecular weight is 216 g/mol. The molecule has 0 aliphatic rings. The molecule has 0 N–H and O–H groups in total. The Labute approximate surface area is 98.0 Å². The van der Waals surface area contributed by atoms with Crippen LogP contribution in [0.25, 0.3) is 0 Å². The Kier molecular flexibility index (Phi) is 5.34. The maximum atomic E-state index is 4.20. The molecule has 0 saturated carbocycles. The van der Waals surface area contributed by atoms with Crippen LogP contribution in [0.3, 0.4) is 0 Å². The highest BCUT2D eigenvalue weighted by Gasteiger charge is 2.01. The molecule has 0 aliphatic carbocycles. The summed E-state index contributed by atoms with van der Waals surface area (Å²) < 4.78 is 2.19. The Bertz CT molecular complexity index is 383. The van der Waals surface area contributed by atoms with Crippen molar-refractivity contribution >= 4 is 0 Å². The second kappa shape index (κ2) is 6.83. The minimum absolute atomic E-state index is 0.867. The smallest absolute Gasteiger partial charge is 0.0951 e. The van der Waals surface area contributed by atoms with Crippen molar-refractivity contribution in [2.45, 2.75) is 33.2 Å². The van der Waals surface area contributed by atoms with E-state index < -0.39 is 0 Å². The Balaban J connectivity index is 2.80. The third-order valence-electron chi connectivity index (χ3n) is 2.37. The molecule has 0 unspecified atom stereocenters. The first-order chi connectivity index (χ1) is 7.81. The quantitative estimate of drug-likeness (QED) is 0.665. The molecule has 1 aromatic rings. The number of hydrogen-bond donors (Lipinski definition) is 0. The number of imidazole rings is 1. The standard InChI is InChI=1S/C14H20N2/c1-4-7-13(8-5-2)11-16-12-15-10-14(16)9-6-3/h4-5,7-8,10,12H,1,6,9,11H2,2-3H3/b8-5-,13-7+. The molecule has 0 fully saturated rings. The molecule has 86 valence electrons. The van der Waals surface area contributed by atoms with Crippen LogP contribution in [0.1, 0.15) is 26.0 Å². The number of aryl methyl sites for hydroxylation is 1. The summed E-state index contributed by atoms with van der Waals surface area (Å²) in [7, 11) is 0. The van der Waals surface area contributed by atoms with Crippen molar-refractivity contribution in [3.63, 3.8) is 0 Å².